The smallest absolute Gasteiger partial charge is 0.191 e. The van der Waals surface area contributed by atoms with Gasteiger partial charge in [-0.3, -0.25) is 9.89 Å². The van der Waals surface area contributed by atoms with Crippen molar-refractivity contribution in [1.82, 2.24) is 15.5 Å². The van der Waals surface area contributed by atoms with Crippen LogP contribution >= 0.6 is 11.8 Å². The highest BCUT2D eigenvalue weighted by atomic mass is 32.2. The SMILES string of the molecule is C=CCN1CCC(NC(=NC)NCC2(SCC)CCOCC2)CC1. The van der Waals surface area contributed by atoms with Crippen LogP contribution in [0, 0.1) is 0 Å². The fourth-order valence-corrected chi connectivity index (χ4v) is 4.74. The first-order valence-electron chi connectivity index (χ1n) is 9.23. The molecule has 2 aliphatic heterocycles. The van der Waals surface area contributed by atoms with Gasteiger partial charge in [0.2, 0.25) is 0 Å². The van der Waals surface area contributed by atoms with E-state index in [0.29, 0.717) is 6.04 Å². The summed E-state index contributed by atoms with van der Waals surface area (Å²) in [7, 11) is 1.87. The van der Waals surface area contributed by atoms with Gasteiger partial charge in [-0.15, -0.1) is 6.58 Å². The Morgan fingerprint density at radius 3 is 2.67 bits per heavy atom. The Bertz CT molecular complexity index is 396. The highest BCUT2D eigenvalue weighted by Crippen LogP contribution is 2.34. The number of aliphatic imine (C=N–C) groups is 1. The van der Waals surface area contributed by atoms with Gasteiger partial charge in [-0.25, -0.2) is 0 Å². The van der Waals surface area contributed by atoms with Gasteiger partial charge in [-0.1, -0.05) is 13.0 Å². The van der Waals surface area contributed by atoms with E-state index in [9.17, 15) is 0 Å². The molecule has 5 nitrogen and oxygen atoms in total. The van der Waals surface area contributed by atoms with Crippen molar-refractivity contribution in [2.45, 2.75) is 43.4 Å². The van der Waals surface area contributed by atoms with Crippen LogP contribution in [-0.4, -0.2) is 73.8 Å². The third kappa shape index (κ3) is 5.97. The molecule has 24 heavy (non-hydrogen) atoms. The maximum absolute atomic E-state index is 5.56. The minimum atomic E-state index is 0.290. The number of likely N-dealkylation sites (tertiary alicyclic amines) is 1. The van der Waals surface area contributed by atoms with Crippen LogP contribution in [0.1, 0.15) is 32.6 Å². The number of guanidine groups is 1. The van der Waals surface area contributed by atoms with Crippen molar-refractivity contribution in [3.63, 3.8) is 0 Å². The topological polar surface area (TPSA) is 48.9 Å². The van der Waals surface area contributed by atoms with E-state index in [4.69, 9.17) is 4.74 Å². The summed E-state index contributed by atoms with van der Waals surface area (Å²) in [6.07, 6.45) is 6.56. The van der Waals surface area contributed by atoms with Crippen LogP contribution < -0.4 is 10.6 Å². The van der Waals surface area contributed by atoms with Crippen LogP contribution in [0.4, 0.5) is 0 Å². The predicted octanol–water partition coefficient (Wildman–Crippen LogP) is 2.10. The molecule has 0 atom stereocenters. The van der Waals surface area contributed by atoms with Crippen molar-refractivity contribution in [2.24, 2.45) is 4.99 Å². The number of ether oxygens (including phenoxy) is 1. The maximum atomic E-state index is 5.56. The summed E-state index contributed by atoms with van der Waals surface area (Å²) >= 11 is 2.06. The van der Waals surface area contributed by atoms with Crippen molar-refractivity contribution in [3.05, 3.63) is 12.7 Å². The molecule has 2 fully saturated rings. The molecule has 0 unspecified atom stereocenters. The van der Waals surface area contributed by atoms with Gasteiger partial charge >= 0.3 is 0 Å². The summed E-state index contributed by atoms with van der Waals surface area (Å²) in [4.78, 5) is 6.89. The molecule has 2 N–H and O–H groups in total. The average molecular weight is 355 g/mol. The zero-order chi connectivity index (χ0) is 17.3. The van der Waals surface area contributed by atoms with Crippen LogP contribution in [0.15, 0.2) is 17.6 Å². The summed E-state index contributed by atoms with van der Waals surface area (Å²) in [6, 6.07) is 0.515. The molecule has 6 heteroatoms. The molecule has 0 aliphatic carbocycles. The molecule has 2 saturated heterocycles. The Morgan fingerprint density at radius 1 is 1.38 bits per heavy atom. The number of rotatable bonds is 7. The first-order valence-corrected chi connectivity index (χ1v) is 10.2. The number of hydrogen-bond donors (Lipinski definition) is 2. The first kappa shape index (κ1) is 19.6. The van der Waals surface area contributed by atoms with Crippen molar-refractivity contribution >= 4 is 17.7 Å². The lowest BCUT2D eigenvalue weighted by atomic mass is 9.99. The minimum Gasteiger partial charge on any atom is -0.381 e. The molecule has 0 radical (unpaired) electrons. The van der Waals surface area contributed by atoms with Crippen LogP contribution in [0.2, 0.25) is 0 Å². The highest BCUT2D eigenvalue weighted by molar-refractivity contribution is 8.00. The Balaban J connectivity index is 1.78. The van der Waals surface area contributed by atoms with Gasteiger partial charge in [-0.05, 0) is 31.4 Å². The second kappa shape index (κ2) is 10.3. The quantitative estimate of drug-likeness (QED) is 0.417. The molecule has 0 aromatic heterocycles. The summed E-state index contributed by atoms with van der Waals surface area (Å²) in [5, 5.41) is 7.19. The van der Waals surface area contributed by atoms with Gasteiger partial charge in [0.25, 0.3) is 0 Å². The van der Waals surface area contributed by atoms with Gasteiger partial charge in [-0.2, -0.15) is 11.8 Å². The molecule has 0 saturated carbocycles. The largest absolute Gasteiger partial charge is 0.381 e. The maximum Gasteiger partial charge on any atom is 0.191 e. The monoisotopic (exact) mass is 354 g/mol. The van der Waals surface area contributed by atoms with Crippen LogP contribution in [0.25, 0.3) is 0 Å². The third-order valence-corrected chi connectivity index (χ3v) is 6.43. The van der Waals surface area contributed by atoms with E-state index >= 15 is 0 Å². The van der Waals surface area contributed by atoms with Gasteiger partial charge in [0.15, 0.2) is 5.96 Å². The fourth-order valence-electron chi connectivity index (χ4n) is 3.50. The third-order valence-electron chi connectivity index (χ3n) is 4.97. The molecule has 2 rings (SSSR count). The molecule has 0 aromatic rings. The molecule has 2 aliphatic rings. The summed E-state index contributed by atoms with van der Waals surface area (Å²) < 4.78 is 5.85. The molecule has 0 bridgehead atoms. The predicted molar refractivity (Wildman–Crippen MR) is 105 cm³/mol. The van der Waals surface area contributed by atoms with E-state index < -0.39 is 0 Å². The summed E-state index contributed by atoms with van der Waals surface area (Å²) in [6.45, 7) is 12.1. The normalized spacial score (nSPS) is 23.0. The number of nitrogens with one attached hydrogen (secondary N) is 2. The number of thioether (sulfide) groups is 1. The number of nitrogens with zero attached hydrogens (tertiary/aromatic N) is 2. The van der Waals surface area contributed by atoms with E-state index in [1.807, 2.05) is 13.1 Å². The van der Waals surface area contributed by atoms with E-state index in [1.54, 1.807) is 0 Å². The lowest BCUT2D eigenvalue weighted by molar-refractivity contribution is 0.0781. The molecular weight excluding hydrogens is 320 g/mol. The lowest BCUT2D eigenvalue weighted by Gasteiger charge is -2.37. The van der Waals surface area contributed by atoms with Crippen LogP contribution in [0.5, 0.6) is 0 Å². The van der Waals surface area contributed by atoms with Crippen molar-refractivity contribution in [3.8, 4) is 0 Å². The standard InChI is InChI=1S/C18H34N4OS/c1-4-10-22-11-6-16(7-12-22)21-17(19-3)20-15-18(24-5-2)8-13-23-14-9-18/h4,16H,1,5-15H2,2-3H3,(H2,19,20,21). The molecule has 2 heterocycles. The second-order valence-corrected chi connectivity index (χ2v) is 8.39. The minimum absolute atomic E-state index is 0.290. The number of hydrogen-bond acceptors (Lipinski definition) is 4. The van der Waals surface area contributed by atoms with E-state index in [-0.39, 0.29) is 4.75 Å². The molecule has 0 spiro atoms. The van der Waals surface area contributed by atoms with E-state index in [2.05, 4.69) is 45.8 Å². The molecular formula is C18H34N4OS. The van der Waals surface area contributed by atoms with Crippen LogP contribution in [0.3, 0.4) is 0 Å². The van der Waals surface area contributed by atoms with E-state index in [1.165, 1.54) is 0 Å². The summed E-state index contributed by atoms with van der Waals surface area (Å²) in [5.41, 5.74) is 0. The van der Waals surface area contributed by atoms with Gasteiger partial charge in [0.1, 0.15) is 0 Å². The van der Waals surface area contributed by atoms with Crippen molar-refractivity contribution in [1.29, 1.82) is 0 Å². The average Bonchev–Trinajstić information content (AvgIpc) is 2.61. The van der Waals surface area contributed by atoms with Crippen molar-refractivity contribution < 1.29 is 4.74 Å². The highest BCUT2D eigenvalue weighted by Gasteiger charge is 2.33. The lowest BCUT2D eigenvalue weighted by Crippen LogP contribution is -2.52. The zero-order valence-corrected chi connectivity index (χ0v) is 16.2. The number of piperidine rings is 1. The molecule has 0 aromatic carbocycles. The molecule has 138 valence electrons. The Labute approximate surface area is 151 Å². The Kier molecular flexibility index (Phi) is 8.42. The zero-order valence-electron chi connectivity index (χ0n) is 15.4. The van der Waals surface area contributed by atoms with Gasteiger partial charge in [0, 0.05) is 57.2 Å². The van der Waals surface area contributed by atoms with E-state index in [0.717, 1.165) is 76.8 Å². The Morgan fingerprint density at radius 2 is 2.08 bits per heavy atom. The fraction of sp³-hybridized carbons (Fsp3) is 0.833. The summed E-state index contributed by atoms with van der Waals surface area (Å²) in [5.74, 6) is 2.09. The second-order valence-electron chi connectivity index (χ2n) is 6.66. The van der Waals surface area contributed by atoms with Gasteiger partial charge in [0.05, 0.1) is 0 Å². The van der Waals surface area contributed by atoms with Crippen LogP contribution in [-0.2, 0) is 4.74 Å². The Hall–Kier alpha value is -0.720. The van der Waals surface area contributed by atoms with Crippen molar-refractivity contribution in [2.75, 3.05) is 52.2 Å². The van der Waals surface area contributed by atoms with Gasteiger partial charge < -0.3 is 15.4 Å². The first-order chi connectivity index (χ1) is 11.7. The molecule has 0 amide bonds.